The molecule has 0 bridgehead atoms. The maximum absolute atomic E-state index is 12.5. The van der Waals surface area contributed by atoms with Crippen molar-refractivity contribution < 1.29 is 16.8 Å². The van der Waals surface area contributed by atoms with E-state index in [0.29, 0.717) is 11.5 Å². The first kappa shape index (κ1) is 17.3. The van der Waals surface area contributed by atoms with Crippen molar-refractivity contribution >= 4 is 31.2 Å². The van der Waals surface area contributed by atoms with Crippen LogP contribution in [0.25, 0.3) is 0 Å². The monoisotopic (exact) mass is 379 g/mol. The van der Waals surface area contributed by atoms with Crippen LogP contribution in [0.3, 0.4) is 0 Å². The molecule has 1 aromatic heterocycles. The SMILES string of the molecule is CC(C)C1CN(C)C2CS(=O)(=O)c3sc(S(N)(=O)=O)cc3C2N1. The average molecular weight is 380 g/mol. The lowest BCUT2D eigenvalue weighted by molar-refractivity contribution is 0.107. The summed E-state index contributed by atoms with van der Waals surface area (Å²) in [6, 6.07) is 1.23. The predicted octanol–water partition coefficient (Wildman–Crippen LogP) is 0.152. The number of piperazine rings is 1. The van der Waals surface area contributed by atoms with Crippen LogP contribution in [0.1, 0.15) is 25.5 Å². The number of hydrogen-bond donors (Lipinski definition) is 2. The molecule has 130 valence electrons. The van der Waals surface area contributed by atoms with Gasteiger partial charge in [-0.2, -0.15) is 0 Å². The first-order chi connectivity index (χ1) is 10.5. The molecule has 1 saturated heterocycles. The van der Waals surface area contributed by atoms with Crippen molar-refractivity contribution in [2.24, 2.45) is 11.1 Å². The van der Waals surface area contributed by atoms with Crippen LogP contribution < -0.4 is 10.5 Å². The second-order valence-electron chi connectivity index (χ2n) is 6.64. The Labute approximate surface area is 140 Å². The largest absolute Gasteiger partial charge is 0.304 e. The summed E-state index contributed by atoms with van der Waals surface area (Å²) >= 11 is 0.756. The van der Waals surface area contributed by atoms with E-state index in [1.807, 2.05) is 7.05 Å². The van der Waals surface area contributed by atoms with Gasteiger partial charge >= 0.3 is 0 Å². The Morgan fingerprint density at radius 3 is 2.65 bits per heavy atom. The summed E-state index contributed by atoms with van der Waals surface area (Å²) in [4.78, 5) is 2.06. The molecule has 3 N–H and O–H groups in total. The van der Waals surface area contributed by atoms with Gasteiger partial charge in [0.1, 0.15) is 8.42 Å². The van der Waals surface area contributed by atoms with Crippen LogP contribution >= 0.6 is 11.3 Å². The third kappa shape index (κ3) is 2.96. The summed E-state index contributed by atoms with van der Waals surface area (Å²) in [5.41, 5.74) is 0.535. The highest BCUT2D eigenvalue weighted by Gasteiger charge is 2.46. The number of nitrogens with zero attached hydrogens (tertiary/aromatic N) is 1. The minimum atomic E-state index is -3.92. The van der Waals surface area contributed by atoms with Crippen molar-refractivity contribution in [2.45, 2.75) is 40.4 Å². The minimum Gasteiger partial charge on any atom is -0.304 e. The third-order valence-electron chi connectivity index (χ3n) is 4.62. The standard InChI is InChI=1S/C13H21N3O4S3/c1-7(2)9-5-16(3)10-6-22(17,18)13-8(12(10)15-9)4-11(21-13)23(14,19)20/h4,7,9-10,12,15H,5-6H2,1-3H3,(H2,14,19,20). The number of nitrogens with two attached hydrogens (primary N) is 1. The maximum atomic E-state index is 12.5. The second kappa shape index (κ2) is 5.50. The summed E-state index contributed by atoms with van der Waals surface area (Å²) in [5, 5.41) is 8.69. The fourth-order valence-electron chi connectivity index (χ4n) is 3.28. The number of hydrogen-bond acceptors (Lipinski definition) is 7. The summed E-state index contributed by atoms with van der Waals surface area (Å²) in [5.74, 6) is 0.375. The van der Waals surface area contributed by atoms with E-state index < -0.39 is 19.9 Å². The number of primary sulfonamides is 1. The molecule has 0 aromatic carbocycles. The van der Waals surface area contributed by atoms with Gasteiger partial charge in [0.15, 0.2) is 9.84 Å². The highest BCUT2D eigenvalue weighted by Crippen LogP contribution is 2.42. The molecule has 0 aliphatic carbocycles. The topological polar surface area (TPSA) is 110 Å². The van der Waals surface area contributed by atoms with Crippen LogP contribution in [0.5, 0.6) is 0 Å². The zero-order chi connectivity index (χ0) is 17.2. The van der Waals surface area contributed by atoms with Gasteiger partial charge in [0.25, 0.3) is 0 Å². The Hall–Kier alpha value is -0.520. The van der Waals surface area contributed by atoms with Crippen LogP contribution in [0.4, 0.5) is 0 Å². The number of sulfonamides is 1. The fraction of sp³-hybridized carbons (Fsp3) is 0.692. The zero-order valence-corrected chi connectivity index (χ0v) is 15.6. The third-order valence-corrected chi connectivity index (χ3v) is 9.58. The summed E-state index contributed by atoms with van der Waals surface area (Å²) in [6.45, 7) is 4.97. The van der Waals surface area contributed by atoms with E-state index in [4.69, 9.17) is 5.14 Å². The highest BCUT2D eigenvalue weighted by molar-refractivity contribution is 7.95. The molecule has 0 saturated carbocycles. The van der Waals surface area contributed by atoms with Crippen molar-refractivity contribution in [1.82, 2.24) is 10.2 Å². The summed E-state index contributed by atoms with van der Waals surface area (Å²) < 4.78 is 48.4. The van der Waals surface area contributed by atoms with E-state index in [9.17, 15) is 16.8 Å². The van der Waals surface area contributed by atoms with Crippen LogP contribution in [0, 0.1) is 5.92 Å². The smallest absolute Gasteiger partial charge is 0.247 e. The van der Waals surface area contributed by atoms with Gasteiger partial charge in [-0.05, 0) is 19.0 Å². The highest BCUT2D eigenvalue weighted by atomic mass is 32.3. The van der Waals surface area contributed by atoms with Gasteiger partial charge in [-0.25, -0.2) is 22.0 Å². The fourth-order valence-corrected chi connectivity index (χ4v) is 7.70. The number of fused-ring (bicyclic) bond motifs is 3. The Balaban J connectivity index is 2.13. The van der Waals surface area contributed by atoms with E-state index >= 15 is 0 Å². The van der Waals surface area contributed by atoms with E-state index in [1.165, 1.54) is 6.07 Å². The van der Waals surface area contributed by atoms with Crippen molar-refractivity contribution in [3.05, 3.63) is 11.6 Å². The molecule has 0 spiro atoms. The van der Waals surface area contributed by atoms with E-state index in [-0.39, 0.29) is 32.3 Å². The van der Waals surface area contributed by atoms with Crippen LogP contribution in [-0.4, -0.2) is 53.2 Å². The molecule has 1 aromatic rings. The van der Waals surface area contributed by atoms with Crippen molar-refractivity contribution in [3.63, 3.8) is 0 Å². The van der Waals surface area contributed by atoms with E-state index in [1.54, 1.807) is 0 Å². The molecule has 1 fully saturated rings. The molecule has 3 unspecified atom stereocenters. The zero-order valence-electron chi connectivity index (χ0n) is 13.2. The minimum absolute atomic E-state index is 0.0104. The molecular formula is C13H21N3O4S3. The van der Waals surface area contributed by atoms with Gasteiger partial charge in [0.2, 0.25) is 10.0 Å². The lowest BCUT2D eigenvalue weighted by atomic mass is 9.92. The predicted molar refractivity (Wildman–Crippen MR) is 88.7 cm³/mol. The lowest BCUT2D eigenvalue weighted by Gasteiger charge is -2.47. The van der Waals surface area contributed by atoms with E-state index in [2.05, 4.69) is 24.1 Å². The van der Waals surface area contributed by atoms with Crippen LogP contribution in [0.15, 0.2) is 14.5 Å². The van der Waals surface area contributed by atoms with Gasteiger partial charge in [-0.3, -0.25) is 4.90 Å². The Morgan fingerprint density at radius 2 is 2.09 bits per heavy atom. The van der Waals surface area contributed by atoms with Gasteiger partial charge in [0, 0.05) is 24.2 Å². The normalized spacial score (nSPS) is 30.9. The van der Waals surface area contributed by atoms with Gasteiger partial charge in [-0.1, -0.05) is 13.8 Å². The number of rotatable bonds is 2. The van der Waals surface area contributed by atoms with Crippen LogP contribution in [0.2, 0.25) is 0 Å². The number of nitrogens with one attached hydrogen (secondary N) is 1. The molecule has 23 heavy (non-hydrogen) atoms. The Bertz CT molecular complexity index is 829. The molecule has 0 radical (unpaired) electrons. The Kier molecular flexibility index (Phi) is 4.14. The maximum Gasteiger partial charge on any atom is 0.247 e. The molecule has 3 heterocycles. The molecule has 7 nitrogen and oxygen atoms in total. The molecule has 2 aliphatic heterocycles. The number of likely N-dealkylation sites (N-methyl/N-ethyl adjacent to an activating group) is 1. The molecule has 10 heteroatoms. The molecule has 3 rings (SSSR count). The molecule has 3 atom stereocenters. The van der Waals surface area contributed by atoms with E-state index in [0.717, 1.165) is 17.9 Å². The van der Waals surface area contributed by atoms with Crippen molar-refractivity contribution in [2.75, 3.05) is 19.3 Å². The van der Waals surface area contributed by atoms with Gasteiger partial charge in [-0.15, -0.1) is 11.3 Å². The quantitative estimate of drug-likeness (QED) is 0.757. The van der Waals surface area contributed by atoms with Gasteiger partial charge in [0.05, 0.1) is 11.8 Å². The molecular weight excluding hydrogens is 358 g/mol. The van der Waals surface area contributed by atoms with Crippen molar-refractivity contribution in [3.8, 4) is 0 Å². The number of sulfone groups is 1. The van der Waals surface area contributed by atoms with Gasteiger partial charge < -0.3 is 5.32 Å². The average Bonchev–Trinajstić information content (AvgIpc) is 2.86. The first-order valence-corrected chi connectivity index (χ1v) is 11.4. The Morgan fingerprint density at radius 1 is 1.43 bits per heavy atom. The first-order valence-electron chi connectivity index (χ1n) is 7.36. The van der Waals surface area contributed by atoms with Crippen LogP contribution in [-0.2, 0) is 19.9 Å². The summed E-state index contributed by atoms with van der Waals surface area (Å²) in [7, 11) is -5.50. The lowest BCUT2D eigenvalue weighted by Crippen LogP contribution is -2.61. The van der Waals surface area contributed by atoms with Crippen molar-refractivity contribution in [1.29, 1.82) is 0 Å². The summed E-state index contributed by atoms with van der Waals surface area (Å²) in [6.07, 6.45) is 0. The molecule has 2 aliphatic rings. The second-order valence-corrected chi connectivity index (χ2v) is 11.7. The number of thiophene rings is 1. The molecule has 0 amide bonds.